The maximum atomic E-state index is 12.8. The number of allylic oxidation sites excluding steroid dienone is 16. The highest BCUT2D eigenvalue weighted by Crippen LogP contribution is 2.24. The Morgan fingerprint density at radius 1 is 0.547 bits per heavy atom. The van der Waals surface area contributed by atoms with Crippen molar-refractivity contribution in [1.82, 2.24) is 0 Å². The van der Waals surface area contributed by atoms with Crippen LogP contribution < -0.4 is 0 Å². The summed E-state index contributed by atoms with van der Waals surface area (Å²) >= 11 is 0. The third-order valence-electron chi connectivity index (χ3n) is 10.2. The Morgan fingerprint density at radius 3 is 1.53 bits per heavy atom. The standard InChI is InChI=1S/C51H82O12S/c1-3-5-7-9-11-13-15-17-18-19-20-21-22-23-24-25-26-28-29-31-33-35-37-39-46(52)60-41-44(42-61-51-50(56)49(55)48(54)45(63-51)43-64(57,58)59)62-47(53)40-38-36-34-32-30-27-16-14-12-10-8-6-4-2/h5,7,11,13,17-18,20-21,23-24,26-28,30,34,36,44-45,48-51,54-56H,3-4,6,8-10,12,14-16,19,22,25,29,31-33,35,37-43H2,1-2H3,(H,57,58,59)/b7-5+,13-11+,18-17+,21-20+,24-23+,28-26+,30-27+,36-34+/t44?,45-,48-,49?,50?,51+/m1/s1. The van der Waals surface area contributed by atoms with E-state index < -0.39 is 71.2 Å². The van der Waals surface area contributed by atoms with Gasteiger partial charge < -0.3 is 34.3 Å². The van der Waals surface area contributed by atoms with Crippen molar-refractivity contribution in [2.75, 3.05) is 19.0 Å². The van der Waals surface area contributed by atoms with E-state index in [9.17, 15) is 37.9 Å². The van der Waals surface area contributed by atoms with E-state index in [0.29, 0.717) is 12.8 Å². The zero-order valence-electron chi connectivity index (χ0n) is 38.8. The van der Waals surface area contributed by atoms with Crippen LogP contribution in [0.15, 0.2) is 97.2 Å². The minimum Gasteiger partial charge on any atom is -0.462 e. The Hall–Kier alpha value is -3.43. The molecule has 364 valence electrons. The van der Waals surface area contributed by atoms with E-state index in [1.807, 2.05) is 12.2 Å². The molecule has 1 aliphatic rings. The number of aliphatic hydroxyl groups is 3. The molecule has 0 aromatic rings. The second-order valence-electron chi connectivity index (χ2n) is 16.0. The molecule has 1 saturated heterocycles. The summed E-state index contributed by atoms with van der Waals surface area (Å²) in [4.78, 5) is 25.4. The minimum atomic E-state index is -4.62. The van der Waals surface area contributed by atoms with Gasteiger partial charge >= 0.3 is 11.9 Å². The van der Waals surface area contributed by atoms with Crippen LogP contribution in [0.25, 0.3) is 0 Å². The van der Waals surface area contributed by atoms with Gasteiger partial charge in [-0.3, -0.25) is 14.1 Å². The van der Waals surface area contributed by atoms with Crippen LogP contribution in [-0.4, -0.2) is 96.0 Å². The lowest BCUT2D eigenvalue weighted by Gasteiger charge is -2.40. The second-order valence-corrected chi connectivity index (χ2v) is 17.5. The number of aliphatic hydroxyl groups excluding tert-OH is 3. The number of hydrogen-bond donors (Lipinski definition) is 4. The summed E-state index contributed by atoms with van der Waals surface area (Å²) in [7, 11) is -4.62. The summed E-state index contributed by atoms with van der Waals surface area (Å²) in [5, 5.41) is 30.9. The fraction of sp³-hybridized carbons (Fsp3) is 0.647. The van der Waals surface area contributed by atoms with Gasteiger partial charge in [0.05, 0.1) is 6.61 Å². The van der Waals surface area contributed by atoms with Crippen molar-refractivity contribution in [2.45, 2.75) is 192 Å². The highest BCUT2D eigenvalue weighted by atomic mass is 32.2. The highest BCUT2D eigenvalue weighted by molar-refractivity contribution is 7.85. The van der Waals surface area contributed by atoms with Gasteiger partial charge in [0.25, 0.3) is 10.1 Å². The molecule has 4 N–H and O–H groups in total. The summed E-state index contributed by atoms with van der Waals surface area (Å²) in [5.41, 5.74) is 0. The second kappa shape index (κ2) is 39.9. The molecular formula is C51H82O12S. The van der Waals surface area contributed by atoms with Crippen LogP contribution in [0, 0.1) is 0 Å². The van der Waals surface area contributed by atoms with Crippen LogP contribution in [0.3, 0.4) is 0 Å². The zero-order chi connectivity index (χ0) is 46.9. The van der Waals surface area contributed by atoms with Gasteiger partial charge in [0.2, 0.25) is 0 Å². The Morgan fingerprint density at radius 2 is 1.02 bits per heavy atom. The summed E-state index contributed by atoms with van der Waals surface area (Å²) < 4.78 is 54.0. The molecule has 1 fully saturated rings. The molecular weight excluding hydrogens is 837 g/mol. The van der Waals surface area contributed by atoms with Crippen molar-refractivity contribution in [3.05, 3.63) is 97.2 Å². The molecule has 64 heavy (non-hydrogen) atoms. The molecule has 12 nitrogen and oxygen atoms in total. The first-order valence-electron chi connectivity index (χ1n) is 23.8. The van der Waals surface area contributed by atoms with Crippen molar-refractivity contribution in [2.24, 2.45) is 0 Å². The van der Waals surface area contributed by atoms with E-state index in [1.165, 1.54) is 38.5 Å². The van der Waals surface area contributed by atoms with Gasteiger partial charge in [-0.2, -0.15) is 8.42 Å². The first-order chi connectivity index (χ1) is 31.0. The summed E-state index contributed by atoms with van der Waals surface area (Å²) in [6, 6.07) is 0. The first-order valence-corrected chi connectivity index (χ1v) is 25.4. The fourth-order valence-electron chi connectivity index (χ4n) is 6.50. The molecule has 0 aromatic carbocycles. The third kappa shape index (κ3) is 34.0. The number of carbonyl (C=O) groups is 2. The predicted molar refractivity (Wildman–Crippen MR) is 256 cm³/mol. The molecule has 0 saturated carbocycles. The van der Waals surface area contributed by atoms with Gasteiger partial charge in [0.1, 0.15) is 36.8 Å². The molecule has 0 aliphatic carbocycles. The van der Waals surface area contributed by atoms with E-state index in [-0.39, 0.29) is 19.4 Å². The quantitative estimate of drug-likeness (QED) is 0.0199. The molecule has 0 aromatic heterocycles. The van der Waals surface area contributed by atoms with Gasteiger partial charge in [-0.25, -0.2) is 0 Å². The zero-order valence-corrected chi connectivity index (χ0v) is 39.7. The monoisotopic (exact) mass is 919 g/mol. The Balaban J connectivity index is 2.45. The Kier molecular flexibility index (Phi) is 36.5. The average molecular weight is 919 g/mol. The van der Waals surface area contributed by atoms with Crippen molar-refractivity contribution < 1.29 is 56.8 Å². The van der Waals surface area contributed by atoms with Gasteiger partial charge in [-0.15, -0.1) is 0 Å². The fourth-order valence-corrected chi connectivity index (χ4v) is 7.19. The van der Waals surface area contributed by atoms with Gasteiger partial charge in [0.15, 0.2) is 12.4 Å². The van der Waals surface area contributed by atoms with Crippen LogP contribution in [0.2, 0.25) is 0 Å². The molecule has 1 aliphatic heterocycles. The number of esters is 2. The molecule has 0 amide bonds. The molecule has 0 bridgehead atoms. The topological polar surface area (TPSA) is 186 Å². The van der Waals surface area contributed by atoms with Crippen molar-refractivity contribution in [3.63, 3.8) is 0 Å². The lowest BCUT2D eigenvalue weighted by Crippen LogP contribution is -2.60. The molecule has 13 heteroatoms. The van der Waals surface area contributed by atoms with Crippen molar-refractivity contribution >= 4 is 22.1 Å². The van der Waals surface area contributed by atoms with Crippen LogP contribution in [0.5, 0.6) is 0 Å². The molecule has 6 atom stereocenters. The SMILES string of the molecule is CC/C=C/C/C=C/C/C=C/C/C=C/C/C=C/C/C=C/CCCCCCC(=O)OCC(CO[C@H]1O[C@H](CS(=O)(=O)O)[C@@H](O)C(O)C1O)OC(=O)CC/C=C/C/C=C/CCCCCCCC. The summed E-state index contributed by atoms with van der Waals surface area (Å²) in [6.07, 6.45) is 44.7. The number of rotatable bonds is 38. The van der Waals surface area contributed by atoms with Crippen molar-refractivity contribution in [3.8, 4) is 0 Å². The van der Waals surface area contributed by atoms with E-state index in [0.717, 1.165) is 77.0 Å². The lowest BCUT2D eigenvalue weighted by molar-refractivity contribution is -0.297. The maximum absolute atomic E-state index is 12.8. The van der Waals surface area contributed by atoms with Crippen LogP contribution in [-0.2, 0) is 38.7 Å². The third-order valence-corrected chi connectivity index (χ3v) is 10.9. The van der Waals surface area contributed by atoms with Gasteiger partial charge in [-0.05, 0) is 83.5 Å². The van der Waals surface area contributed by atoms with Crippen molar-refractivity contribution in [1.29, 1.82) is 0 Å². The number of unbranched alkanes of at least 4 members (excludes halogenated alkanes) is 10. The Labute approximate surface area is 385 Å². The highest BCUT2D eigenvalue weighted by Gasteiger charge is 2.46. The molecule has 3 unspecified atom stereocenters. The van der Waals surface area contributed by atoms with Crippen LogP contribution in [0.4, 0.5) is 0 Å². The molecule has 1 rings (SSSR count). The average Bonchev–Trinajstić information content (AvgIpc) is 3.26. The summed E-state index contributed by atoms with van der Waals surface area (Å²) in [5.74, 6) is -2.12. The van der Waals surface area contributed by atoms with Crippen LogP contribution in [0.1, 0.15) is 155 Å². The van der Waals surface area contributed by atoms with Gasteiger partial charge in [0, 0.05) is 12.8 Å². The van der Waals surface area contributed by atoms with E-state index >= 15 is 0 Å². The smallest absolute Gasteiger partial charge is 0.306 e. The number of ether oxygens (including phenoxy) is 4. The number of hydrogen-bond acceptors (Lipinski definition) is 11. The molecule has 0 spiro atoms. The number of carbonyl (C=O) groups excluding carboxylic acids is 2. The first kappa shape index (κ1) is 58.6. The lowest BCUT2D eigenvalue weighted by atomic mass is 10.00. The largest absolute Gasteiger partial charge is 0.462 e. The minimum absolute atomic E-state index is 0.0465. The van der Waals surface area contributed by atoms with E-state index in [2.05, 4.69) is 98.9 Å². The van der Waals surface area contributed by atoms with Crippen LogP contribution >= 0.6 is 0 Å². The van der Waals surface area contributed by atoms with E-state index in [4.69, 9.17) is 18.9 Å². The molecule has 0 radical (unpaired) electrons. The maximum Gasteiger partial charge on any atom is 0.306 e. The van der Waals surface area contributed by atoms with E-state index in [1.54, 1.807) is 0 Å². The molecule has 1 heterocycles. The summed E-state index contributed by atoms with van der Waals surface area (Å²) in [6.45, 7) is 3.55. The normalized spacial score (nSPS) is 20.5. The Bertz CT molecular complexity index is 1540. The predicted octanol–water partition coefficient (Wildman–Crippen LogP) is 10.2. The van der Waals surface area contributed by atoms with Gasteiger partial charge in [-0.1, -0.05) is 156 Å².